The van der Waals surface area contributed by atoms with Crippen molar-refractivity contribution in [3.05, 3.63) is 65.7 Å². The summed E-state index contributed by atoms with van der Waals surface area (Å²) < 4.78 is 5.89. The van der Waals surface area contributed by atoms with Crippen LogP contribution >= 0.6 is 0 Å². The molecule has 0 aliphatic heterocycles. The molecule has 0 spiro atoms. The number of benzene rings is 2. The summed E-state index contributed by atoms with van der Waals surface area (Å²) in [5.74, 6) is 0.622. The van der Waals surface area contributed by atoms with Gasteiger partial charge in [-0.05, 0) is 19.1 Å². The first kappa shape index (κ1) is 14.1. The minimum absolute atomic E-state index is 0.0724. The molecule has 0 heterocycles. The molecule has 2 rings (SSSR count). The number of aryl methyl sites for hydroxylation is 1. The van der Waals surface area contributed by atoms with Crippen LogP contribution in [-0.4, -0.2) is 24.9 Å². The van der Waals surface area contributed by atoms with Crippen LogP contribution < -0.4 is 4.74 Å². The van der Waals surface area contributed by atoms with Crippen LogP contribution in [0, 0.1) is 6.92 Å². The van der Waals surface area contributed by atoms with Gasteiger partial charge in [-0.3, -0.25) is 4.79 Å². The molecule has 1 atom stereocenters. The number of rotatable bonds is 4. The first-order chi connectivity index (χ1) is 9.58. The second kappa shape index (κ2) is 6.24. The maximum atomic E-state index is 12.3. The second-order valence-corrected chi connectivity index (χ2v) is 4.95. The van der Waals surface area contributed by atoms with Crippen LogP contribution in [0.5, 0.6) is 5.75 Å². The van der Waals surface area contributed by atoms with Gasteiger partial charge in [0.15, 0.2) is 0 Å². The van der Waals surface area contributed by atoms with E-state index in [2.05, 4.69) is 0 Å². The van der Waals surface area contributed by atoms with Crippen LogP contribution in [0.4, 0.5) is 0 Å². The number of hydrogen-bond acceptors (Lipinski definition) is 2. The number of hydrogen-bond donors (Lipinski definition) is 0. The molecule has 0 aliphatic rings. The molecular formula is C17H19NO2. The minimum Gasteiger partial charge on any atom is -0.476 e. The predicted octanol–water partition coefficient (Wildman–Crippen LogP) is 3.20. The Morgan fingerprint density at radius 2 is 1.60 bits per heavy atom. The summed E-state index contributed by atoms with van der Waals surface area (Å²) in [7, 11) is 3.47. The van der Waals surface area contributed by atoms with Gasteiger partial charge in [0.1, 0.15) is 5.75 Å². The van der Waals surface area contributed by atoms with Crippen molar-refractivity contribution >= 4 is 5.91 Å². The number of likely N-dealkylation sites (N-methyl/N-ethyl adjacent to an activating group) is 1. The monoisotopic (exact) mass is 269 g/mol. The van der Waals surface area contributed by atoms with Crippen molar-refractivity contribution < 1.29 is 9.53 Å². The van der Waals surface area contributed by atoms with Gasteiger partial charge in [0, 0.05) is 19.7 Å². The van der Waals surface area contributed by atoms with Gasteiger partial charge in [-0.1, -0.05) is 48.0 Å². The fraction of sp³-hybridized carbons (Fsp3) is 0.235. The van der Waals surface area contributed by atoms with E-state index in [9.17, 15) is 4.79 Å². The third kappa shape index (κ3) is 3.38. The van der Waals surface area contributed by atoms with E-state index in [4.69, 9.17) is 4.74 Å². The highest BCUT2D eigenvalue weighted by atomic mass is 16.5. The molecule has 104 valence electrons. The molecule has 0 radical (unpaired) electrons. The molecule has 1 amide bonds. The van der Waals surface area contributed by atoms with Gasteiger partial charge in [0.2, 0.25) is 6.10 Å². The summed E-state index contributed by atoms with van der Waals surface area (Å²) in [5, 5.41) is 0. The molecule has 0 aliphatic carbocycles. The number of ether oxygens (including phenoxy) is 1. The van der Waals surface area contributed by atoms with Gasteiger partial charge in [0.25, 0.3) is 5.91 Å². The number of carbonyl (C=O) groups excluding carboxylic acids is 1. The maximum absolute atomic E-state index is 12.3. The third-order valence-electron chi connectivity index (χ3n) is 3.04. The smallest absolute Gasteiger partial charge is 0.267 e. The normalized spacial score (nSPS) is 11.8. The van der Waals surface area contributed by atoms with E-state index >= 15 is 0 Å². The lowest BCUT2D eigenvalue weighted by molar-refractivity contribution is -0.136. The van der Waals surface area contributed by atoms with Gasteiger partial charge < -0.3 is 9.64 Å². The van der Waals surface area contributed by atoms with Crippen molar-refractivity contribution in [2.45, 2.75) is 13.0 Å². The number of nitrogens with zero attached hydrogens (tertiary/aromatic N) is 1. The average molecular weight is 269 g/mol. The molecular weight excluding hydrogens is 250 g/mol. The van der Waals surface area contributed by atoms with Crippen molar-refractivity contribution in [3.8, 4) is 5.75 Å². The maximum Gasteiger partial charge on any atom is 0.267 e. The Balaban J connectivity index is 2.28. The van der Waals surface area contributed by atoms with Crippen LogP contribution in [0.25, 0.3) is 0 Å². The molecule has 3 nitrogen and oxygen atoms in total. The fourth-order valence-electron chi connectivity index (χ4n) is 1.88. The van der Waals surface area contributed by atoms with Gasteiger partial charge in [-0.25, -0.2) is 0 Å². The Labute approximate surface area is 119 Å². The summed E-state index contributed by atoms with van der Waals surface area (Å²) in [6, 6.07) is 17.2. The number of carbonyl (C=O) groups is 1. The van der Waals surface area contributed by atoms with Crippen LogP contribution in [0.1, 0.15) is 17.2 Å². The average Bonchev–Trinajstić information content (AvgIpc) is 2.47. The molecule has 20 heavy (non-hydrogen) atoms. The minimum atomic E-state index is -0.617. The van der Waals surface area contributed by atoms with Gasteiger partial charge in [-0.15, -0.1) is 0 Å². The van der Waals surface area contributed by atoms with Gasteiger partial charge >= 0.3 is 0 Å². The summed E-state index contributed by atoms with van der Waals surface area (Å²) >= 11 is 0. The Hall–Kier alpha value is -2.29. The lowest BCUT2D eigenvalue weighted by Crippen LogP contribution is -2.31. The molecule has 0 N–H and O–H groups in total. The molecule has 0 fully saturated rings. The highest BCUT2D eigenvalue weighted by molar-refractivity contribution is 5.82. The van der Waals surface area contributed by atoms with Crippen molar-refractivity contribution in [2.24, 2.45) is 0 Å². The lowest BCUT2D eigenvalue weighted by Gasteiger charge is -2.22. The molecule has 0 bridgehead atoms. The Kier molecular flexibility index (Phi) is 4.41. The van der Waals surface area contributed by atoms with Crippen molar-refractivity contribution in [1.82, 2.24) is 4.90 Å². The van der Waals surface area contributed by atoms with E-state index in [1.807, 2.05) is 61.5 Å². The van der Waals surface area contributed by atoms with E-state index in [1.165, 1.54) is 0 Å². The van der Waals surface area contributed by atoms with Crippen molar-refractivity contribution in [3.63, 3.8) is 0 Å². The van der Waals surface area contributed by atoms with E-state index in [-0.39, 0.29) is 5.91 Å². The van der Waals surface area contributed by atoms with Gasteiger partial charge in [-0.2, -0.15) is 0 Å². The van der Waals surface area contributed by atoms with E-state index in [1.54, 1.807) is 19.0 Å². The zero-order chi connectivity index (χ0) is 14.5. The molecule has 2 aromatic carbocycles. The standard InChI is InChI=1S/C17H19NO2/c1-13-9-11-15(12-10-13)20-16(17(19)18(2)3)14-7-5-4-6-8-14/h4-12,16H,1-3H3. The topological polar surface area (TPSA) is 29.5 Å². The largest absolute Gasteiger partial charge is 0.476 e. The zero-order valence-electron chi connectivity index (χ0n) is 12.0. The molecule has 0 aromatic heterocycles. The Bertz CT molecular complexity index is 561. The predicted molar refractivity (Wildman–Crippen MR) is 79.7 cm³/mol. The molecule has 0 saturated heterocycles. The molecule has 2 aromatic rings. The summed E-state index contributed by atoms with van der Waals surface area (Å²) in [6.07, 6.45) is -0.617. The Morgan fingerprint density at radius 3 is 2.15 bits per heavy atom. The third-order valence-corrected chi connectivity index (χ3v) is 3.04. The summed E-state index contributed by atoms with van der Waals surface area (Å²) in [6.45, 7) is 2.02. The fourth-order valence-corrected chi connectivity index (χ4v) is 1.88. The highest BCUT2D eigenvalue weighted by Crippen LogP contribution is 2.23. The molecule has 0 saturated carbocycles. The Morgan fingerprint density at radius 1 is 1.00 bits per heavy atom. The van der Waals surface area contributed by atoms with Crippen LogP contribution in [0.15, 0.2) is 54.6 Å². The lowest BCUT2D eigenvalue weighted by atomic mass is 10.1. The van der Waals surface area contributed by atoms with E-state index in [0.29, 0.717) is 5.75 Å². The zero-order valence-corrected chi connectivity index (χ0v) is 12.0. The van der Waals surface area contributed by atoms with E-state index < -0.39 is 6.10 Å². The van der Waals surface area contributed by atoms with Crippen LogP contribution in [-0.2, 0) is 4.79 Å². The summed E-state index contributed by atoms with van der Waals surface area (Å²) in [4.78, 5) is 13.9. The number of amides is 1. The second-order valence-electron chi connectivity index (χ2n) is 4.95. The molecule has 1 unspecified atom stereocenters. The van der Waals surface area contributed by atoms with E-state index in [0.717, 1.165) is 11.1 Å². The summed E-state index contributed by atoms with van der Waals surface area (Å²) in [5.41, 5.74) is 2.01. The first-order valence-electron chi connectivity index (χ1n) is 6.57. The molecule has 3 heteroatoms. The van der Waals surface area contributed by atoms with Crippen LogP contribution in [0.2, 0.25) is 0 Å². The van der Waals surface area contributed by atoms with Crippen molar-refractivity contribution in [2.75, 3.05) is 14.1 Å². The quantitative estimate of drug-likeness (QED) is 0.853. The van der Waals surface area contributed by atoms with Gasteiger partial charge in [0.05, 0.1) is 0 Å². The first-order valence-corrected chi connectivity index (χ1v) is 6.57. The van der Waals surface area contributed by atoms with Crippen molar-refractivity contribution in [1.29, 1.82) is 0 Å². The SMILES string of the molecule is Cc1ccc(OC(C(=O)N(C)C)c2ccccc2)cc1. The van der Waals surface area contributed by atoms with Crippen LogP contribution in [0.3, 0.4) is 0 Å². The highest BCUT2D eigenvalue weighted by Gasteiger charge is 2.24.